The predicted molar refractivity (Wildman–Crippen MR) is 106 cm³/mol. The van der Waals surface area contributed by atoms with Crippen molar-refractivity contribution in [3.63, 3.8) is 0 Å². The van der Waals surface area contributed by atoms with Crippen molar-refractivity contribution in [3.8, 4) is 0 Å². The number of likely N-dealkylation sites (N-methyl/N-ethyl adjacent to an activating group) is 1. The topological polar surface area (TPSA) is 41.1 Å². The molecule has 0 saturated carbocycles. The second-order valence-electron chi connectivity index (χ2n) is 5.11. The lowest BCUT2D eigenvalue weighted by Gasteiger charge is -2.17. The van der Waals surface area contributed by atoms with Crippen molar-refractivity contribution < 1.29 is 4.79 Å². The van der Waals surface area contributed by atoms with Gasteiger partial charge in [-0.15, -0.1) is 24.2 Å². The van der Waals surface area contributed by atoms with Gasteiger partial charge in [-0.2, -0.15) is 0 Å². The van der Waals surface area contributed by atoms with Crippen LogP contribution in [0.15, 0.2) is 54.6 Å². The van der Waals surface area contributed by atoms with Gasteiger partial charge in [0.05, 0.1) is 11.0 Å². The van der Waals surface area contributed by atoms with Crippen LogP contribution in [0.4, 0.5) is 0 Å². The molecule has 2 aromatic rings. The van der Waals surface area contributed by atoms with Gasteiger partial charge in [-0.05, 0) is 30.3 Å². The van der Waals surface area contributed by atoms with Crippen LogP contribution in [0.25, 0.3) is 0 Å². The van der Waals surface area contributed by atoms with E-state index in [4.69, 9.17) is 11.6 Å². The maximum Gasteiger partial charge on any atom is 0.230 e. The maximum absolute atomic E-state index is 12.0. The molecule has 6 heteroatoms. The Hall–Kier alpha value is -1.20. The zero-order chi connectivity index (χ0) is 16.5. The number of carbonyl (C=O) groups excluding carboxylic acids is 1. The lowest BCUT2D eigenvalue weighted by molar-refractivity contribution is -0.118. The van der Waals surface area contributed by atoms with Gasteiger partial charge in [0.1, 0.15) is 0 Å². The van der Waals surface area contributed by atoms with Gasteiger partial charge in [0.15, 0.2) is 0 Å². The molecule has 0 bridgehead atoms. The number of hydrogen-bond acceptors (Lipinski definition) is 3. The van der Waals surface area contributed by atoms with Crippen molar-refractivity contribution in [1.29, 1.82) is 0 Å². The first kappa shape index (κ1) is 20.8. The van der Waals surface area contributed by atoms with E-state index in [1.807, 2.05) is 49.5 Å². The minimum atomic E-state index is 0. The van der Waals surface area contributed by atoms with Crippen molar-refractivity contribution in [3.05, 3.63) is 70.7 Å². The molecule has 0 saturated heterocycles. The highest BCUT2D eigenvalue weighted by molar-refractivity contribution is 8.00. The molecular formula is C18H22Cl2N2OS. The maximum atomic E-state index is 12.0. The second-order valence-corrected chi connectivity index (χ2v) is 6.64. The lowest BCUT2D eigenvalue weighted by Crippen LogP contribution is -2.31. The molecular weight excluding hydrogens is 363 g/mol. The second kappa shape index (κ2) is 11.4. The van der Waals surface area contributed by atoms with E-state index >= 15 is 0 Å². The van der Waals surface area contributed by atoms with Crippen molar-refractivity contribution >= 4 is 41.7 Å². The first-order valence-corrected chi connectivity index (χ1v) is 8.96. The third kappa shape index (κ3) is 6.73. The Kier molecular flexibility index (Phi) is 9.88. The molecule has 3 nitrogen and oxygen atoms in total. The first-order chi connectivity index (χ1) is 11.2. The molecule has 1 atom stereocenters. The Bertz CT molecular complexity index is 608. The van der Waals surface area contributed by atoms with E-state index in [2.05, 4.69) is 22.8 Å². The van der Waals surface area contributed by atoms with Crippen LogP contribution in [-0.4, -0.2) is 31.8 Å². The molecule has 130 valence electrons. The van der Waals surface area contributed by atoms with Gasteiger partial charge in [0.2, 0.25) is 5.91 Å². The van der Waals surface area contributed by atoms with Gasteiger partial charge in [0, 0.05) is 18.1 Å². The Morgan fingerprint density at radius 1 is 1.04 bits per heavy atom. The monoisotopic (exact) mass is 384 g/mol. The summed E-state index contributed by atoms with van der Waals surface area (Å²) in [5, 5.41) is 6.75. The average Bonchev–Trinajstić information content (AvgIpc) is 2.58. The molecule has 0 aromatic heterocycles. The van der Waals surface area contributed by atoms with Crippen LogP contribution in [-0.2, 0) is 4.79 Å². The van der Waals surface area contributed by atoms with Crippen LogP contribution in [0, 0.1) is 0 Å². The quantitative estimate of drug-likeness (QED) is 0.677. The molecule has 0 aliphatic rings. The minimum absolute atomic E-state index is 0. The molecule has 2 rings (SSSR count). The van der Waals surface area contributed by atoms with Crippen LogP contribution in [0.3, 0.4) is 0 Å². The molecule has 0 aliphatic heterocycles. The van der Waals surface area contributed by atoms with E-state index in [-0.39, 0.29) is 23.6 Å². The van der Waals surface area contributed by atoms with E-state index in [1.165, 1.54) is 5.56 Å². The number of rotatable bonds is 8. The number of benzene rings is 2. The van der Waals surface area contributed by atoms with E-state index in [0.717, 1.165) is 17.1 Å². The third-order valence-corrected chi connectivity index (χ3v) is 4.91. The van der Waals surface area contributed by atoms with E-state index in [1.54, 1.807) is 11.8 Å². The van der Waals surface area contributed by atoms with E-state index in [9.17, 15) is 4.79 Å². The van der Waals surface area contributed by atoms with Crippen molar-refractivity contribution in [2.75, 3.05) is 25.9 Å². The number of amides is 1. The Labute approximate surface area is 159 Å². The van der Waals surface area contributed by atoms with Gasteiger partial charge in [0.25, 0.3) is 0 Å². The fourth-order valence-electron chi connectivity index (χ4n) is 2.19. The average molecular weight is 385 g/mol. The summed E-state index contributed by atoms with van der Waals surface area (Å²) >= 11 is 7.61. The lowest BCUT2D eigenvalue weighted by atomic mass is 10.0. The first-order valence-electron chi connectivity index (χ1n) is 7.54. The van der Waals surface area contributed by atoms with Crippen LogP contribution in [0.2, 0.25) is 5.02 Å². The van der Waals surface area contributed by atoms with Gasteiger partial charge in [-0.25, -0.2) is 0 Å². The summed E-state index contributed by atoms with van der Waals surface area (Å²) in [7, 11) is 1.87. The molecule has 2 aromatic carbocycles. The molecule has 24 heavy (non-hydrogen) atoms. The van der Waals surface area contributed by atoms with Crippen LogP contribution in [0.5, 0.6) is 0 Å². The summed E-state index contributed by atoms with van der Waals surface area (Å²) in [6, 6.07) is 18.0. The number of thioether (sulfide) groups is 1. The fourth-order valence-corrected chi connectivity index (χ4v) is 3.43. The zero-order valence-corrected chi connectivity index (χ0v) is 15.9. The van der Waals surface area contributed by atoms with E-state index in [0.29, 0.717) is 12.3 Å². The Morgan fingerprint density at radius 3 is 2.29 bits per heavy atom. The molecule has 2 N–H and O–H groups in total. The number of carbonyl (C=O) groups is 1. The molecule has 0 spiro atoms. The highest BCUT2D eigenvalue weighted by Gasteiger charge is 2.16. The molecule has 0 fully saturated rings. The van der Waals surface area contributed by atoms with Crippen molar-refractivity contribution in [1.82, 2.24) is 10.6 Å². The van der Waals surface area contributed by atoms with Gasteiger partial charge < -0.3 is 10.6 Å². The minimum Gasteiger partial charge on any atom is -0.354 e. The summed E-state index contributed by atoms with van der Waals surface area (Å²) in [4.78, 5) is 12.0. The third-order valence-electron chi connectivity index (χ3n) is 3.35. The fraction of sp³-hybridized carbons (Fsp3) is 0.278. The highest BCUT2D eigenvalue weighted by Crippen LogP contribution is 2.35. The number of hydrogen-bond donors (Lipinski definition) is 2. The summed E-state index contributed by atoms with van der Waals surface area (Å²) in [6.07, 6.45) is 0. The largest absolute Gasteiger partial charge is 0.354 e. The highest BCUT2D eigenvalue weighted by atomic mass is 35.5. The summed E-state index contributed by atoms with van der Waals surface area (Å²) in [5.41, 5.74) is 2.33. The summed E-state index contributed by atoms with van der Waals surface area (Å²) < 4.78 is 0. The molecule has 0 heterocycles. The van der Waals surface area contributed by atoms with Gasteiger partial charge >= 0.3 is 0 Å². The van der Waals surface area contributed by atoms with Crippen LogP contribution < -0.4 is 10.6 Å². The number of halogens is 2. The standard InChI is InChI=1S/C18H21ClN2OS.ClH/c1-20-11-12-21-17(22)13-23-18(14-5-3-2-4-6-14)15-7-9-16(19)10-8-15;/h2-10,18,20H,11-13H2,1H3,(H,21,22);1H. The van der Waals surface area contributed by atoms with Crippen molar-refractivity contribution in [2.24, 2.45) is 0 Å². The SMILES string of the molecule is CNCCNC(=O)CSC(c1ccccc1)c1ccc(Cl)cc1.Cl. The molecule has 1 unspecified atom stereocenters. The van der Waals surface area contributed by atoms with Crippen LogP contribution >= 0.6 is 35.8 Å². The van der Waals surface area contributed by atoms with Gasteiger partial charge in [-0.1, -0.05) is 54.1 Å². The van der Waals surface area contributed by atoms with Gasteiger partial charge in [-0.3, -0.25) is 4.79 Å². The Morgan fingerprint density at radius 2 is 1.67 bits per heavy atom. The summed E-state index contributed by atoms with van der Waals surface area (Å²) in [6.45, 7) is 1.42. The molecule has 0 aliphatic carbocycles. The van der Waals surface area contributed by atoms with Crippen LogP contribution in [0.1, 0.15) is 16.4 Å². The smallest absolute Gasteiger partial charge is 0.230 e. The Balaban J connectivity index is 0.00000288. The normalized spacial score (nSPS) is 11.4. The molecule has 1 amide bonds. The number of nitrogens with one attached hydrogen (secondary N) is 2. The van der Waals surface area contributed by atoms with Crippen molar-refractivity contribution in [2.45, 2.75) is 5.25 Å². The summed E-state index contributed by atoms with van der Waals surface area (Å²) in [5.74, 6) is 0.478. The predicted octanol–water partition coefficient (Wildman–Crippen LogP) is 3.92. The molecule has 0 radical (unpaired) electrons. The zero-order valence-electron chi connectivity index (χ0n) is 13.5. The van der Waals surface area contributed by atoms with E-state index < -0.39 is 0 Å².